The molecule has 4 N–H and O–H groups in total. The molecule has 1 heterocycles. The number of halogens is 4. The second-order valence-corrected chi connectivity index (χ2v) is 14.3. The van der Waals surface area contributed by atoms with E-state index in [9.17, 15) is 30.5 Å². The van der Waals surface area contributed by atoms with E-state index in [1.54, 1.807) is 0 Å². The fraction of sp³-hybridized carbons (Fsp3) is 0.261. The second-order valence-electron chi connectivity index (χ2n) is 8.61. The minimum Gasteiger partial charge on any atom is -0.398 e. The van der Waals surface area contributed by atoms with Crippen LogP contribution in [0, 0.1) is 5.82 Å². The molecule has 0 radical (unpaired) electrons. The molecular weight excluding hydrogens is 505 g/mol. The molecule has 35 heavy (non-hydrogen) atoms. The minimum atomic E-state index is -5.09. The average Bonchev–Trinajstić information content (AvgIpc) is 2.71. The molecule has 0 aliphatic carbocycles. The van der Waals surface area contributed by atoms with Crippen molar-refractivity contribution in [1.29, 1.82) is 0 Å². The summed E-state index contributed by atoms with van der Waals surface area (Å²) in [4.78, 5) is 3.59. The van der Waals surface area contributed by atoms with Crippen LogP contribution in [-0.2, 0) is 20.6 Å². The van der Waals surface area contributed by atoms with E-state index in [0.29, 0.717) is 0 Å². The SMILES string of the molecule is CC(C)S(=O)(=O)c1ccccc1-c1c(N)nc(-c2ccc(P(C)(C)=O)cc2F)c(C(F)(F)F)c1N. The molecule has 188 valence electrons. The van der Waals surface area contributed by atoms with Gasteiger partial charge in [0.15, 0.2) is 9.84 Å². The normalized spacial score (nSPS) is 12.8. The number of nitrogen functional groups attached to an aromatic ring is 2. The summed E-state index contributed by atoms with van der Waals surface area (Å²) in [6, 6.07) is 8.58. The Kier molecular flexibility index (Phi) is 6.82. The minimum absolute atomic E-state index is 0.137. The van der Waals surface area contributed by atoms with Crippen molar-refractivity contribution < 1.29 is 30.5 Å². The summed E-state index contributed by atoms with van der Waals surface area (Å²) in [6.07, 6.45) is -5.09. The summed E-state index contributed by atoms with van der Waals surface area (Å²) in [5.74, 6) is -1.59. The van der Waals surface area contributed by atoms with Gasteiger partial charge in [-0.1, -0.05) is 24.3 Å². The third kappa shape index (κ3) is 4.92. The molecule has 0 aliphatic rings. The van der Waals surface area contributed by atoms with Gasteiger partial charge in [-0.3, -0.25) is 0 Å². The van der Waals surface area contributed by atoms with Gasteiger partial charge in [0, 0.05) is 22.0 Å². The molecule has 3 rings (SSSR count). The highest BCUT2D eigenvalue weighted by molar-refractivity contribution is 7.92. The Morgan fingerprint density at radius 3 is 2.11 bits per heavy atom. The van der Waals surface area contributed by atoms with Crippen molar-refractivity contribution in [2.45, 2.75) is 30.2 Å². The summed E-state index contributed by atoms with van der Waals surface area (Å²) in [5.41, 5.74) is 7.71. The highest BCUT2D eigenvalue weighted by Gasteiger charge is 2.40. The lowest BCUT2D eigenvalue weighted by Crippen LogP contribution is -2.18. The Morgan fingerprint density at radius 2 is 1.60 bits per heavy atom. The van der Waals surface area contributed by atoms with Crippen molar-refractivity contribution in [3.63, 3.8) is 0 Å². The Bertz CT molecular complexity index is 1470. The molecule has 0 saturated carbocycles. The van der Waals surface area contributed by atoms with E-state index in [-0.39, 0.29) is 15.8 Å². The van der Waals surface area contributed by atoms with Gasteiger partial charge in [-0.05, 0) is 45.4 Å². The van der Waals surface area contributed by atoms with Gasteiger partial charge in [0.1, 0.15) is 24.3 Å². The lowest BCUT2D eigenvalue weighted by atomic mass is 9.96. The number of alkyl halides is 3. The number of aromatic nitrogens is 1. The van der Waals surface area contributed by atoms with Gasteiger partial charge in [0.2, 0.25) is 0 Å². The Hall–Kier alpha value is -2.91. The predicted molar refractivity (Wildman–Crippen MR) is 130 cm³/mol. The molecule has 6 nitrogen and oxygen atoms in total. The third-order valence-electron chi connectivity index (χ3n) is 5.46. The van der Waals surface area contributed by atoms with Crippen LogP contribution >= 0.6 is 7.14 Å². The van der Waals surface area contributed by atoms with Crippen molar-refractivity contribution >= 4 is 33.8 Å². The van der Waals surface area contributed by atoms with Crippen molar-refractivity contribution in [2.75, 3.05) is 24.8 Å². The third-order valence-corrected chi connectivity index (χ3v) is 9.19. The summed E-state index contributed by atoms with van der Waals surface area (Å²) in [5, 5.41) is -0.737. The number of anilines is 2. The van der Waals surface area contributed by atoms with Crippen LogP contribution in [0.4, 0.5) is 29.1 Å². The Morgan fingerprint density at radius 1 is 1.00 bits per heavy atom. The first kappa shape index (κ1) is 26.7. The van der Waals surface area contributed by atoms with Crippen LogP contribution in [0.3, 0.4) is 0 Å². The van der Waals surface area contributed by atoms with Crippen molar-refractivity contribution in [3.8, 4) is 22.4 Å². The van der Waals surface area contributed by atoms with Crippen molar-refractivity contribution in [2.24, 2.45) is 0 Å². The van der Waals surface area contributed by atoms with E-state index < -0.39 is 68.1 Å². The topological polar surface area (TPSA) is 116 Å². The van der Waals surface area contributed by atoms with E-state index in [0.717, 1.165) is 12.1 Å². The molecule has 2 aromatic carbocycles. The first-order valence-corrected chi connectivity index (χ1v) is 14.5. The van der Waals surface area contributed by atoms with Crippen molar-refractivity contribution in [3.05, 3.63) is 53.8 Å². The second kappa shape index (κ2) is 8.95. The van der Waals surface area contributed by atoms with E-state index in [4.69, 9.17) is 11.5 Å². The fourth-order valence-corrected chi connectivity index (χ4v) is 5.70. The predicted octanol–water partition coefficient (Wildman–Crippen LogP) is 5.17. The fourth-order valence-electron chi connectivity index (χ4n) is 3.59. The summed E-state index contributed by atoms with van der Waals surface area (Å²) >= 11 is 0. The quantitative estimate of drug-likeness (QED) is 0.348. The number of pyridine rings is 1. The number of hydrogen-bond acceptors (Lipinski definition) is 6. The van der Waals surface area contributed by atoms with Crippen LogP contribution in [0.5, 0.6) is 0 Å². The van der Waals surface area contributed by atoms with Crippen LogP contribution < -0.4 is 16.8 Å². The summed E-state index contributed by atoms with van der Waals surface area (Å²) in [6.45, 7) is 5.65. The zero-order chi connectivity index (χ0) is 26.5. The van der Waals surface area contributed by atoms with Crippen LogP contribution in [0.25, 0.3) is 22.4 Å². The monoisotopic (exact) mass is 529 g/mol. The zero-order valence-corrected chi connectivity index (χ0v) is 21.0. The summed E-state index contributed by atoms with van der Waals surface area (Å²) in [7, 11) is -6.82. The van der Waals surface area contributed by atoms with Crippen molar-refractivity contribution in [1.82, 2.24) is 4.98 Å². The molecule has 1 aromatic heterocycles. The van der Waals surface area contributed by atoms with Gasteiger partial charge < -0.3 is 16.0 Å². The van der Waals surface area contributed by atoms with Gasteiger partial charge >= 0.3 is 6.18 Å². The molecule has 0 bridgehead atoms. The highest BCUT2D eigenvalue weighted by atomic mass is 32.2. The molecule has 0 atom stereocenters. The molecule has 0 saturated heterocycles. The van der Waals surface area contributed by atoms with E-state index in [2.05, 4.69) is 4.98 Å². The van der Waals surface area contributed by atoms with Gasteiger partial charge in [-0.2, -0.15) is 13.2 Å². The van der Waals surface area contributed by atoms with E-state index >= 15 is 0 Å². The van der Waals surface area contributed by atoms with Gasteiger partial charge in [0.25, 0.3) is 0 Å². The number of sulfone groups is 1. The maximum atomic E-state index is 14.9. The van der Waals surface area contributed by atoms with E-state index in [1.165, 1.54) is 57.5 Å². The van der Waals surface area contributed by atoms with E-state index in [1.807, 2.05) is 0 Å². The lowest BCUT2D eigenvalue weighted by Gasteiger charge is -2.21. The van der Waals surface area contributed by atoms with Crippen LogP contribution in [0.2, 0.25) is 0 Å². The molecule has 0 fully saturated rings. The highest BCUT2D eigenvalue weighted by Crippen LogP contribution is 2.47. The molecule has 3 aromatic rings. The first-order chi connectivity index (χ1) is 16.0. The van der Waals surface area contributed by atoms with Crippen LogP contribution in [0.15, 0.2) is 47.4 Å². The number of rotatable bonds is 5. The Labute approximate surface area is 200 Å². The molecule has 0 spiro atoms. The van der Waals surface area contributed by atoms with Gasteiger partial charge in [-0.25, -0.2) is 17.8 Å². The van der Waals surface area contributed by atoms with Gasteiger partial charge in [-0.15, -0.1) is 0 Å². The molecular formula is C23H24F4N3O3PS. The lowest BCUT2D eigenvalue weighted by molar-refractivity contribution is -0.136. The van der Waals surface area contributed by atoms with Crippen LogP contribution in [-0.4, -0.2) is 32.0 Å². The largest absolute Gasteiger partial charge is 0.420 e. The summed E-state index contributed by atoms with van der Waals surface area (Å²) < 4.78 is 95.7. The van der Waals surface area contributed by atoms with Crippen LogP contribution in [0.1, 0.15) is 19.4 Å². The standard InChI is InChI=1S/C23H24F4N3O3PS/c1-12(2)35(32,33)17-8-6-5-7-15(17)18-20(28)19(23(25,26)27)21(30-22(18)29)14-10-9-13(11-16(14)24)34(3,4)31/h5-12H,1-4H3,(H4,28,29,30). The Balaban J connectivity index is 2.40. The number of nitrogens with zero attached hydrogens (tertiary/aromatic N) is 1. The average molecular weight is 529 g/mol. The molecule has 0 aliphatic heterocycles. The maximum absolute atomic E-state index is 14.9. The number of benzene rings is 2. The maximum Gasteiger partial charge on any atom is 0.420 e. The number of hydrogen-bond donors (Lipinski definition) is 2. The molecule has 0 unspecified atom stereocenters. The molecule has 0 amide bonds. The first-order valence-electron chi connectivity index (χ1n) is 10.3. The number of nitrogens with two attached hydrogens (primary N) is 2. The smallest absolute Gasteiger partial charge is 0.398 e. The molecule has 12 heteroatoms. The van der Waals surface area contributed by atoms with Gasteiger partial charge in [0.05, 0.1) is 21.5 Å². The zero-order valence-electron chi connectivity index (χ0n) is 19.3.